The molecule has 0 saturated heterocycles. The standard InChI is InChI=1S/C13H10BrFO3/c14-8-1-4-10(11(15)7-8)12-5-2-9(18-12)3-6-13(16)17/h1-2,4-5,7H,3,6H2,(H,16,17). The number of aryl methyl sites for hydroxylation is 1. The van der Waals surface area contributed by atoms with Gasteiger partial charge in [-0.25, -0.2) is 4.39 Å². The van der Waals surface area contributed by atoms with Gasteiger partial charge in [0.2, 0.25) is 0 Å². The monoisotopic (exact) mass is 312 g/mol. The highest BCUT2D eigenvalue weighted by molar-refractivity contribution is 9.10. The first-order chi connectivity index (χ1) is 8.56. The van der Waals surface area contributed by atoms with Crippen LogP contribution in [0.5, 0.6) is 0 Å². The lowest BCUT2D eigenvalue weighted by Gasteiger charge is -2.00. The van der Waals surface area contributed by atoms with Crippen molar-refractivity contribution in [1.82, 2.24) is 0 Å². The lowest BCUT2D eigenvalue weighted by molar-refractivity contribution is -0.137. The summed E-state index contributed by atoms with van der Waals surface area (Å²) in [5.74, 6) is -0.332. The molecule has 0 saturated carbocycles. The van der Waals surface area contributed by atoms with Crippen LogP contribution in [0.15, 0.2) is 39.2 Å². The zero-order valence-corrected chi connectivity index (χ0v) is 10.9. The maximum atomic E-state index is 13.7. The van der Waals surface area contributed by atoms with Crippen LogP contribution in [0.4, 0.5) is 4.39 Å². The summed E-state index contributed by atoms with van der Waals surface area (Å²) in [5, 5.41) is 8.57. The molecule has 1 heterocycles. The average Bonchev–Trinajstić information content (AvgIpc) is 2.75. The third kappa shape index (κ3) is 2.98. The first-order valence-electron chi connectivity index (χ1n) is 5.32. The van der Waals surface area contributed by atoms with Gasteiger partial charge < -0.3 is 9.52 Å². The number of carboxylic acids is 1. The van der Waals surface area contributed by atoms with Gasteiger partial charge in [0.15, 0.2) is 0 Å². The van der Waals surface area contributed by atoms with Crippen molar-refractivity contribution in [2.24, 2.45) is 0 Å². The highest BCUT2D eigenvalue weighted by Gasteiger charge is 2.10. The third-order valence-corrected chi connectivity index (χ3v) is 2.94. The summed E-state index contributed by atoms with van der Waals surface area (Å²) in [4.78, 5) is 10.4. The first kappa shape index (κ1) is 12.8. The molecule has 1 N–H and O–H groups in total. The number of carboxylic acid groups (broad SMARTS) is 1. The molecule has 5 heteroatoms. The van der Waals surface area contributed by atoms with Crippen LogP contribution in [-0.2, 0) is 11.2 Å². The molecule has 0 spiro atoms. The van der Waals surface area contributed by atoms with Gasteiger partial charge >= 0.3 is 5.97 Å². The Morgan fingerprint density at radius 3 is 2.78 bits per heavy atom. The van der Waals surface area contributed by atoms with E-state index in [2.05, 4.69) is 15.9 Å². The third-order valence-electron chi connectivity index (χ3n) is 2.44. The van der Waals surface area contributed by atoms with Gasteiger partial charge in [0.05, 0.1) is 12.0 Å². The Kier molecular flexibility index (Phi) is 3.81. The van der Waals surface area contributed by atoms with Crippen LogP contribution in [-0.4, -0.2) is 11.1 Å². The Bertz CT molecular complexity index is 577. The second kappa shape index (κ2) is 5.35. The fourth-order valence-electron chi connectivity index (χ4n) is 1.58. The second-order valence-electron chi connectivity index (χ2n) is 3.78. The van der Waals surface area contributed by atoms with Gasteiger partial charge in [-0.05, 0) is 30.3 Å². The minimum atomic E-state index is -0.886. The van der Waals surface area contributed by atoms with Gasteiger partial charge in [-0.1, -0.05) is 15.9 Å². The van der Waals surface area contributed by atoms with Crippen molar-refractivity contribution in [3.63, 3.8) is 0 Å². The molecule has 0 aliphatic rings. The summed E-state index contributed by atoms with van der Waals surface area (Å²) >= 11 is 3.18. The summed E-state index contributed by atoms with van der Waals surface area (Å²) < 4.78 is 19.8. The molecule has 0 unspecified atom stereocenters. The van der Waals surface area contributed by atoms with Crippen molar-refractivity contribution in [2.45, 2.75) is 12.8 Å². The Morgan fingerprint density at radius 1 is 1.33 bits per heavy atom. The van der Waals surface area contributed by atoms with E-state index in [-0.39, 0.29) is 12.2 Å². The van der Waals surface area contributed by atoms with E-state index in [9.17, 15) is 9.18 Å². The van der Waals surface area contributed by atoms with E-state index in [1.165, 1.54) is 6.07 Å². The number of hydrogen-bond donors (Lipinski definition) is 1. The van der Waals surface area contributed by atoms with Gasteiger partial charge in [0.1, 0.15) is 17.3 Å². The highest BCUT2D eigenvalue weighted by atomic mass is 79.9. The average molecular weight is 313 g/mol. The Hall–Kier alpha value is -1.62. The SMILES string of the molecule is O=C(O)CCc1ccc(-c2ccc(Br)cc2F)o1. The topological polar surface area (TPSA) is 50.4 Å². The van der Waals surface area contributed by atoms with E-state index in [0.717, 1.165) is 0 Å². The summed E-state index contributed by atoms with van der Waals surface area (Å²) in [6, 6.07) is 8.00. The normalized spacial score (nSPS) is 10.6. The van der Waals surface area contributed by atoms with E-state index in [1.54, 1.807) is 24.3 Å². The van der Waals surface area contributed by atoms with E-state index in [1.807, 2.05) is 0 Å². The van der Waals surface area contributed by atoms with Gasteiger partial charge in [-0.3, -0.25) is 4.79 Å². The predicted molar refractivity (Wildman–Crippen MR) is 67.8 cm³/mol. The number of carbonyl (C=O) groups is 1. The first-order valence-corrected chi connectivity index (χ1v) is 6.11. The summed E-state index contributed by atoms with van der Waals surface area (Å²) in [6.07, 6.45) is 0.295. The van der Waals surface area contributed by atoms with Crippen molar-refractivity contribution < 1.29 is 18.7 Å². The van der Waals surface area contributed by atoms with E-state index >= 15 is 0 Å². The molecule has 0 fully saturated rings. The lowest BCUT2D eigenvalue weighted by atomic mass is 10.1. The molecule has 1 aromatic heterocycles. The molecule has 0 amide bonds. The quantitative estimate of drug-likeness (QED) is 0.932. The summed E-state index contributed by atoms with van der Waals surface area (Å²) in [5.41, 5.74) is 0.361. The molecular formula is C13H10BrFO3. The van der Waals surface area contributed by atoms with Crippen LogP contribution >= 0.6 is 15.9 Å². The number of rotatable bonds is 4. The molecule has 0 aliphatic heterocycles. The fourth-order valence-corrected chi connectivity index (χ4v) is 1.91. The van der Waals surface area contributed by atoms with Crippen LogP contribution in [0.25, 0.3) is 11.3 Å². The molecule has 2 aromatic rings. The van der Waals surface area contributed by atoms with Crippen molar-refractivity contribution in [2.75, 3.05) is 0 Å². The van der Waals surface area contributed by atoms with Crippen LogP contribution in [0.3, 0.4) is 0 Å². The zero-order chi connectivity index (χ0) is 13.1. The second-order valence-corrected chi connectivity index (χ2v) is 4.70. The molecule has 18 heavy (non-hydrogen) atoms. The Labute approximate surface area is 111 Å². The molecule has 2 rings (SSSR count). The minimum Gasteiger partial charge on any atom is -0.481 e. The maximum absolute atomic E-state index is 13.7. The molecule has 3 nitrogen and oxygen atoms in total. The van der Waals surface area contributed by atoms with Gasteiger partial charge in [0, 0.05) is 10.9 Å². The molecule has 1 aromatic carbocycles. The number of furan rings is 1. The molecule has 0 atom stereocenters. The minimum absolute atomic E-state index is 0.00419. The van der Waals surface area contributed by atoms with Gasteiger partial charge in [-0.15, -0.1) is 0 Å². The van der Waals surface area contributed by atoms with Crippen LogP contribution < -0.4 is 0 Å². The highest BCUT2D eigenvalue weighted by Crippen LogP contribution is 2.27. The van der Waals surface area contributed by atoms with Gasteiger partial charge in [-0.2, -0.15) is 0 Å². The number of hydrogen-bond acceptors (Lipinski definition) is 2. The van der Waals surface area contributed by atoms with Crippen LogP contribution in [0.1, 0.15) is 12.2 Å². The predicted octanol–water partition coefficient (Wildman–Crippen LogP) is 3.87. The number of aliphatic carboxylic acids is 1. The molecule has 94 valence electrons. The van der Waals surface area contributed by atoms with Gasteiger partial charge in [0.25, 0.3) is 0 Å². The van der Waals surface area contributed by atoms with Crippen molar-refractivity contribution >= 4 is 21.9 Å². The molecule has 0 aliphatic carbocycles. The smallest absolute Gasteiger partial charge is 0.303 e. The van der Waals surface area contributed by atoms with Crippen LogP contribution in [0, 0.1) is 5.82 Å². The van der Waals surface area contributed by atoms with Crippen molar-refractivity contribution in [3.8, 4) is 11.3 Å². The molecular weight excluding hydrogens is 303 g/mol. The van der Waals surface area contributed by atoms with Crippen molar-refractivity contribution in [1.29, 1.82) is 0 Å². The molecule has 0 radical (unpaired) electrons. The lowest BCUT2D eigenvalue weighted by Crippen LogP contribution is -1.96. The number of benzene rings is 1. The summed E-state index contributed by atoms with van der Waals surface area (Å²) in [6.45, 7) is 0. The van der Waals surface area contributed by atoms with E-state index in [0.29, 0.717) is 28.0 Å². The maximum Gasteiger partial charge on any atom is 0.303 e. The van der Waals surface area contributed by atoms with E-state index in [4.69, 9.17) is 9.52 Å². The van der Waals surface area contributed by atoms with Crippen molar-refractivity contribution in [3.05, 3.63) is 46.4 Å². The van der Waals surface area contributed by atoms with E-state index < -0.39 is 5.97 Å². The van der Waals surface area contributed by atoms with Crippen LogP contribution in [0.2, 0.25) is 0 Å². The Balaban J connectivity index is 2.21. The summed E-state index contributed by atoms with van der Waals surface area (Å²) in [7, 11) is 0. The largest absolute Gasteiger partial charge is 0.481 e. The number of halogens is 2. The Morgan fingerprint density at radius 2 is 2.11 bits per heavy atom. The fraction of sp³-hybridized carbons (Fsp3) is 0.154. The zero-order valence-electron chi connectivity index (χ0n) is 9.32. The molecule has 0 bridgehead atoms.